The zero-order valence-corrected chi connectivity index (χ0v) is 15.5. The summed E-state index contributed by atoms with van der Waals surface area (Å²) in [7, 11) is 0. The Bertz CT molecular complexity index is 813. The molecular formula is C20H23N3O6. The van der Waals surface area contributed by atoms with Gasteiger partial charge in [0.1, 0.15) is 12.6 Å². The summed E-state index contributed by atoms with van der Waals surface area (Å²) in [6.45, 7) is 0.00557. The molecule has 0 saturated heterocycles. The van der Waals surface area contributed by atoms with Crippen LogP contribution in [0.15, 0.2) is 60.7 Å². The molecule has 0 spiro atoms. The monoisotopic (exact) mass is 401 g/mol. The second-order valence-corrected chi connectivity index (χ2v) is 6.25. The SMILES string of the molecule is NC(=O)[C@@H](NC(=O)[C@H](Cc1ccccc1)NC(=O)OCc1ccccc1)C(O)O. The van der Waals surface area contributed by atoms with Crippen molar-refractivity contribution in [1.82, 2.24) is 10.6 Å². The molecule has 2 rings (SSSR count). The molecule has 9 heteroatoms. The van der Waals surface area contributed by atoms with E-state index in [1.165, 1.54) is 0 Å². The Morgan fingerprint density at radius 1 is 0.897 bits per heavy atom. The number of aliphatic hydroxyl groups excluding tert-OH is 1. The van der Waals surface area contributed by atoms with Crippen molar-refractivity contribution >= 4 is 17.9 Å². The van der Waals surface area contributed by atoms with Crippen LogP contribution in [0.5, 0.6) is 0 Å². The zero-order chi connectivity index (χ0) is 21.2. The second kappa shape index (κ2) is 10.8. The fraction of sp³-hybridized carbons (Fsp3) is 0.250. The van der Waals surface area contributed by atoms with Crippen molar-refractivity contribution in [3.05, 3.63) is 71.8 Å². The van der Waals surface area contributed by atoms with Gasteiger partial charge in [0.05, 0.1) is 0 Å². The molecule has 0 aliphatic rings. The average molecular weight is 401 g/mol. The number of ether oxygens (including phenoxy) is 1. The van der Waals surface area contributed by atoms with Crippen molar-refractivity contribution in [3.8, 4) is 0 Å². The van der Waals surface area contributed by atoms with Crippen LogP contribution in [-0.2, 0) is 27.4 Å². The molecule has 0 aliphatic heterocycles. The largest absolute Gasteiger partial charge is 0.445 e. The number of carbonyl (C=O) groups is 3. The maximum Gasteiger partial charge on any atom is 0.408 e. The molecule has 3 amide bonds. The number of primary amides is 1. The number of carbonyl (C=O) groups excluding carboxylic acids is 3. The van der Waals surface area contributed by atoms with Crippen LogP contribution >= 0.6 is 0 Å². The third kappa shape index (κ3) is 7.24. The highest BCUT2D eigenvalue weighted by molar-refractivity contribution is 5.91. The molecule has 9 nitrogen and oxygen atoms in total. The van der Waals surface area contributed by atoms with Crippen molar-refractivity contribution in [2.24, 2.45) is 5.73 Å². The van der Waals surface area contributed by atoms with E-state index in [-0.39, 0.29) is 13.0 Å². The highest BCUT2D eigenvalue weighted by atomic mass is 16.5. The number of hydrogen-bond acceptors (Lipinski definition) is 6. The maximum absolute atomic E-state index is 12.6. The number of nitrogens with two attached hydrogens (primary N) is 1. The van der Waals surface area contributed by atoms with E-state index in [0.29, 0.717) is 0 Å². The van der Waals surface area contributed by atoms with E-state index in [2.05, 4.69) is 10.6 Å². The molecular weight excluding hydrogens is 378 g/mol. The Labute approximate surface area is 167 Å². The van der Waals surface area contributed by atoms with Gasteiger partial charge in [-0.05, 0) is 11.1 Å². The summed E-state index contributed by atoms with van der Waals surface area (Å²) < 4.78 is 5.13. The lowest BCUT2D eigenvalue weighted by molar-refractivity contribution is -0.140. The lowest BCUT2D eigenvalue weighted by Crippen LogP contribution is -2.57. The highest BCUT2D eigenvalue weighted by Crippen LogP contribution is 2.06. The van der Waals surface area contributed by atoms with Crippen LogP contribution in [0.2, 0.25) is 0 Å². The van der Waals surface area contributed by atoms with Gasteiger partial charge in [-0.25, -0.2) is 4.79 Å². The fourth-order valence-corrected chi connectivity index (χ4v) is 2.51. The summed E-state index contributed by atoms with van der Waals surface area (Å²) in [5.41, 5.74) is 6.57. The second-order valence-electron chi connectivity index (χ2n) is 6.25. The van der Waals surface area contributed by atoms with E-state index in [1.54, 1.807) is 54.6 Å². The maximum atomic E-state index is 12.6. The van der Waals surface area contributed by atoms with E-state index in [4.69, 9.17) is 10.5 Å². The predicted molar refractivity (Wildman–Crippen MR) is 103 cm³/mol. The molecule has 0 heterocycles. The molecule has 0 unspecified atom stereocenters. The first kappa shape index (κ1) is 21.9. The summed E-state index contributed by atoms with van der Waals surface area (Å²) in [4.78, 5) is 36.1. The molecule has 154 valence electrons. The average Bonchev–Trinajstić information content (AvgIpc) is 2.71. The third-order valence-corrected chi connectivity index (χ3v) is 4.01. The molecule has 29 heavy (non-hydrogen) atoms. The van der Waals surface area contributed by atoms with Crippen molar-refractivity contribution in [1.29, 1.82) is 0 Å². The number of amides is 3. The number of rotatable bonds is 9. The van der Waals surface area contributed by atoms with Gasteiger partial charge in [-0.2, -0.15) is 0 Å². The minimum atomic E-state index is -2.18. The van der Waals surface area contributed by atoms with Gasteiger partial charge in [-0.1, -0.05) is 60.7 Å². The van der Waals surface area contributed by atoms with E-state index in [0.717, 1.165) is 11.1 Å². The van der Waals surface area contributed by atoms with Crippen molar-refractivity contribution in [3.63, 3.8) is 0 Å². The van der Waals surface area contributed by atoms with E-state index >= 15 is 0 Å². The summed E-state index contributed by atoms with van der Waals surface area (Å²) >= 11 is 0. The van der Waals surface area contributed by atoms with Gasteiger partial charge in [-0.15, -0.1) is 0 Å². The van der Waals surface area contributed by atoms with Gasteiger partial charge >= 0.3 is 6.09 Å². The molecule has 0 aliphatic carbocycles. The fourth-order valence-electron chi connectivity index (χ4n) is 2.51. The van der Waals surface area contributed by atoms with Crippen LogP contribution in [0.1, 0.15) is 11.1 Å². The van der Waals surface area contributed by atoms with Crippen LogP contribution in [-0.4, -0.2) is 46.5 Å². The minimum Gasteiger partial charge on any atom is -0.445 e. The predicted octanol–water partition coefficient (Wildman–Crippen LogP) is -0.195. The van der Waals surface area contributed by atoms with Gasteiger partial charge in [0.2, 0.25) is 11.8 Å². The Morgan fingerprint density at radius 2 is 1.45 bits per heavy atom. The number of alkyl carbamates (subject to hydrolysis) is 1. The molecule has 0 aromatic heterocycles. The van der Waals surface area contributed by atoms with E-state index < -0.39 is 36.3 Å². The topological polar surface area (TPSA) is 151 Å². The van der Waals surface area contributed by atoms with Gasteiger partial charge in [0.15, 0.2) is 12.3 Å². The number of nitrogens with one attached hydrogen (secondary N) is 2. The highest BCUT2D eigenvalue weighted by Gasteiger charge is 2.29. The van der Waals surface area contributed by atoms with Gasteiger partial charge in [0.25, 0.3) is 0 Å². The van der Waals surface area contributed by atoms with Gasteiger partial charge in [-0.3, -0.25) is 9.59 Å². The Balaban J connectivity index is 2.06. The third-order valence-electron chi connectivity index (χ3n) is 4.01. The molecule has 0 bridgehead atoms. The smallest absolute Gasteiger partial charge is 0.408 e. The van der Waals surface area contributed by atoms with Crippen molar-refractivity contribution in [2.45, 2.75) is 31.4 Å². The molecule has 2 aromatic carbocycles. The molecule has 2 atom stereocenters. The minimum absolute atomic E-state index is 0.00557. The lowest BCUT2D eigenvalue weighted by Gasteiger charge is -2.22. The normalized spacial score (nSPS) is 12.7. The Hall–Kier alpha value is -3.43. The lowest BCUT2D eigenvalue weighted by atomic mass is 10.0. The quantitative estimate of drug-likeness (QED) is 0.367. The van der Waals surface area contributed by atoms with Crippen LogP contribution in [0.3, 0.4) is 0 Å². The van der Waals surface area contributed by atoms with Gasteiger partial charge < -0.3 is 31.3 Å². The van der Waals surface area contributed by atoms with Crippen LogP contribution in [0.4, 0.5) is 4.79 Å². The molecule has 6 N–H and O–H groups in total. The van der Waals surface area contributed by atoms with Crippen LogP contribution in [0.25, 0.3) is 0 Å². The molecule has 0 radical (unpaired) electrons. The van der Waals surface area contributed by atoms with E-state index in [9.17, 15) is 24.6 Å². The van der Waals surface area contributed by atoms with E-state index in [1.807, 2.05) is 6.07 Å². The van der Waals surface area contributed by atoms with Crippen LogP contribution in [0, 0.1) is 0 Å². The Kier molecular flexibility index (Phi) is 8.13. The summed E-state index contributed by atoms with van der Waals surface area (Å²) in [6.07, 6.45) is -2.94. The first-order valence-electron chi connectivity index (χ1n) is 8.84. The number of hydrogen-bond donors (Lipinski definition) is 5. The molecule has 0 saturated carbocycles. The van der Waals surface area contributed by atoms with Crippen molar-refractivity contribution < 1.29 is 29.3 Å². The first-order chi connectivity index (χ1) is 13.9. The van der Waals surface area contributed by atoms with Crippen molar-refractivity contribution in [2.75, 3.05) is 0 Å². The summed E-state index contributed by atoms with van der Waals surface area (Å²) in [5, 5.41) is 23.0. The Morgan fingerprint density at radius 3 is 1.97 bits per heavy atom. The molecule has 0 fully saturated rings. The number of aliphatic hydroxyl groups is 2. The number of benzene rings is 2. The summed E-state index contributed by atoms with van der Waals surface area (Å²) in [6, 6.07) is 15.0. The standard InChI is InChI=1S/C20H23N3O6/c21-17(24)16(19(26)27)23-18(25)15(11-13-7-3-1-4-8-13)22-20(28)29-12-14-9-5-2-6-10-14/h1-10,15-16,19,26-27H,11-12H2,(H2,21,24)(H,22,28)(H,23,25)/t15-,16+/m0/s1. The first-order valence-corrected chi connectivity index (χ1v) is 8.84. The molecule has 2 aromatic rings. The van der Waals surface area contributed by atoms with Gasteiger partial charge in [0, 0.05) is 6.42 Å². The summed E-state index contributed by atoms with van der Waals surface area (Å²) in [5.74, 6) is -1.94. The van der Waals surface area contributed by atoms with Crippen LogP contribution < -0.4 is 16.4 Å². The zero-order valence-electron chi connectivity index (χ0n) is 15.5.